The quantitative estimate of drug-likeness (QED) is 0.727. The largest absolute Gasteiger partial charge is 0.464 e. The molecule has 6 rings (SSSR count). The van der Waals surface area contributed by atoms with Crippen LogP contribution < -0.4 is 10.6 Å². The van der Waals surface area contributed by atoms with Crippen LogP contribution in [-0.4, -0.2) is 39.1 Å². The number of nitrogens with zero attached hydrogens (tertiary/aromatic N) is 2. The zero-order valence-electron chi connectivity index (χ0n) is 16.5. The molecule has 1 N–H and O–H groups in total. The van der Waals surface area contributed by atoms with E-state index in [0.29, 0.717) is 24.2 Å². The summed E-state index contributed by atoms with van der Waals surface area (Å²) in [7, 11) is 0. The van der Waals surface area contributed by atoms with Gasteiger partial charge in [0.25, 0.3) is 0 Å². The van der Waals surface area contributed by atoms with Crippen molar-refractivity contribution in [1.29, 1.82) is 0 Å². The van der Waals surface area contributed by atoms with E-state index in [4.69, 9.17) is 9.72 Å². The Morgan fingerprint density at radius 3 is 3.00 bits per heavy atom. The van der Waals surface area contributed by atoms with E-state index < -0.39 is 17.5 Å². The van der Waals surface area contributed by atoms with Crippen LogP contribution in [0.25, 0.3) is 28.8 Å². The van der Waals surface area contributed by atoms with Crippen molar-refractivity contribution in [2.75, 3.05) is 6.61 Å². The fourth-order valence-corrected chi connectivity index (χ4v) is 5.00. The number of ether oxygens (including phenoxy) is 1. The number of amides is 1. The molecule has 0 radical (unpaired) electrons. The van der Waals surface area contributed by atoms with Gasteiger partial charge in [0.1, 0.15) is 6.61 Å². The highest BCUT2D eigenvalue weighted by Crippen LogP contribution is 2.41. The number of hydrogen-bond donors (Lipinski definition) is 1. The van der Waals surface area contributed by atoms with Crippen molar-refractivity contribution in [3.05, 3.63) is 57.6 Å². The normalized spacial score (nSPS) is 26.5. The standard InChI is InChI=1S/C24H20N2O4/c1-2-24(29)10-21(27)30-12-17-18(24)9-20-22-16(11-26(20)23(17)28)7-15-6-13-4-3-5-14(13)8-19(15)25-22/h3-9,17,29H,2,10-12H2,1H3. The third kappa shape index (κ3) is 2.31. The molecule has 6 heteroatoms. The maximum atomic E-state index is 13.3. The number of aliphatic hydroxyl groups is 1. The number of allylic oxidation sites excluding steroid dienone is 1. The topological polar surface area (TPSA) is 79.7 Å². The van der Waals surface area contributed by atoms with E-state index in [-0.39, 0.29) is 18.9 Å². The van der Waals surface area contributed by atoms with Crippen LogP contribution in [0.2, 0.25) is 0 Å². The highest BCUT2D eigenvalue weighted by atomic mass is 16.5. The molecule has 150 valence electrons. The Labute approximate surface area is 172 Å². The summed E-state index contributed by atoms with van der Waals surface area (Å²) in [6.45, 7) is 2.22. The molecule has 2 atom stereocenters. The van der Waals surface area contributed by atoms with Gasteiger partial charge < -0.3 is 14.7 Å². The van der Waals surface area contributed by atoms with Crippen molar-refractivity contribution in [2.24, 2.45) is 5.92 Å². The summed E-state index contributed by atoms with van der Waals surface area (Å²) in [5.41, 5.74) is 2.88. The van der Waals surface area contributed by atoms with Crippen LogP contribution in [0.15, 0.2) is 35.9 Å². The van der Waals surface area contributed by atoms with Gasteiger partial charge in [-0.15, -0.1) is 0 Å². The summed E-state index contributed by atoms with van der Waals surface area (Å²) >= 11 is 0. The molecular weight excluding hydrogens is 380 g/mol. The van der Waals surface area contributed by atoms with Crippen molar-refractivity contribution < 1.29 is 19.4 Å². The minimum Gasteiger partial charge on any atom is -0.464 e. The number of cyclic esters (lactones) is 1. The van der Waals surface area contributed by atoms with Crippen molar-refractivity contribution in [2.45, 2.75) is 31.9 Å². The molecule has 0 bridgehead atoms. The monoisotopic (exact) mass is 400 g/mol. The smallest absolute Gasteiger partial charge is 0.309 e. The summed E-state index contributed by atoms with van der Waals surface area (Å²) < 4.78 is 5.25. The summed E-state index contributed by atoms with van der Waals surface area (Å²) in [4.78, 5) is 32.0. The first-order valence-electron chi connectivity index (χ1n) is 10.2. The van der Waals surface area contributed by atoms with E-state index in [2.05, 4.69) is 30.4 Å². The van der Waals surface area contributed by atoms with E-state index in [0.717, 1.165) is 27.4 Å². The lowest BCUT2D eigenvalue weighted by Crippen LogP contribution is -2.44. The number of carbonyl (C=O) groups excluding carboxylic acids is 2. The number of pyridine rings is 1. The fourth-order valence-electron chi connectivity index (χ4n) is 5.00. The fraction of sp³-hybridized carbons (Fsp3) is 0.292. The Hall–Kier alpha value is -3.25. The molecule has 6 nitrogen and oxygen atoms in total. The number of benzene rings is 1. The van der Waals surface area contributed by atoms with Gasteiger partial charge in [-0.2, -0.15) is 0 Å². The van der Waals surface area contributed by atoms with Crippen LogP contribution in [0.5, 0.6) is 0 Å². The first-order valence-corrected chi connectivity index (χ1v) is 10.2. The van der Waals surface area contributed by atoms with Crippen LogP contribution >= 0.6 is 0 Å². The molecule has 0 saturated carbocycles. The van der Waals surface area contributed by atoms with Crippen molar-refractivity contribution >= 4 is 40.6 Å². The Balaban J connectivity index is 1.60. The molecule has 2 unspecified atom stereocenters. The van der Waals surface area contributed by atoms with Crippen LogP contribution in [0, 0.1) is 5.92 Å². The van der Waals surface area contributed by atoms with E-state index in [1.54, 1.807) is 4.90 Å². The summed E-state index contributed by atoms with van der Waals surface area (Å²) in [6, 6.07) is 6.29. The molecule has 0 spiro atoms. The maximum absolute atomic E-state index is 13.3. The van der Waals surface area contributed by atoms with Gasteiger partial charge in [0.05, 0.1) is 41.0 Å². The molecule has 4 aliphatic rings. The predicted molar refractivity (Wildman–Crippen MR) is 111 cm³/mol. The van der Waals surface area contributed by atoms with Crippen molar-refractivity contribution in [3.63, 3.8) is 0 Å². The highest BCUT2D eigenvalue weighted by Gasteiger charge is 2.48. The Morgan fingerprint density at radius 1 is 1.30 bits per heavy atom. The lowest BCUT2D eigenvalue weighted by Gasteiger charge is -2.36. The molecule has 1 aliphatic carbocycles. The lowest BCUT2D eigenvalue weighted by molar-refractivity contribution is -0.147. The van der Waals surface area contributed by atoms with Gasteiger partial charge in [0.15, 0.2) is 0 Å². The average molecular weight is 400 g/mol. The number of fused-ring (bicyclic) bond motifs is 5. The second-order valence-corrected chi connectivity index (χ2v) is 8.40. The molecule has 2 aromatic rings. The number of hydrogen-bond acceptors (Lipinski definition) is 5. The van der Waals surface area contributed by atoms with Crippen LogP contribution in [-0.2, 0) is 20.9 Å². The van der Waals surface area contributed by atoms with E-state index in [9.17, 15) is 14.7 Å². The Kier molecular flexibility index (Phi) is 3.45. The van der Waals surface area contributed by atoms with E-state index >= 15 is 0 Å². The first-order chi connectivity index (χ1) is 14.5. The van der Waals surface area contributed by atoms with Gasteiger partial charge in [-0.25, -0.2) is 4.98 Å². The molecule has 1 saturated heterocycles. The number of carbonyl (C=O) groups is 2. The van der Waals surface area contributed by atoms with Gasteiger partial charge in [0.2, 0.25) is 5.91 Å². The first kappa shape index (κ1) is 17.6. The second kappa shape index (κ2) is 5.89. The molecule has 30 heavy (non-hydrogen) atoms. The summed E-state index contributed by atoms with van der Waals surface area (Å²) in [6.07, 6.45) is 8.22. The molecule has 1 aromatic heterocycles. The SMILES string of the molecule is CCC1(O)CC(=O)OCC2C(=O)N3Cc4cc5cc6c(cc5nc4=C3C=C21)C=CC=6. The molecule has 1 aromatic carbocycles. The van der Waals surface area contributed by atoms with Gasteiger partial charge in [-0.05, 0) is 47.1 Å². The number of esters is 1. The lowest BCUT2D eigenvalue weighted by atomic mass is 9.78. The van der Waals surface area contributed by atoms with Gasteiger partial charge in [-0.1, -0.05) is 25.2 Å². The van der Waals surface area contributed by atoms with Gasteiger partial charge in [-0.3, -0.25) is 9.59 Å². The molecule has 1 fully saturated rings. The van der Waals surface area contributed by atoms with E-state index in [1.807, 2.05) is 19.1 Å². The minimum absolute atomic E-state index is 0.0315. The molecule has 3 aliphatic heterocycles. The number of rotatable bonds is 1. The van der Waals surface area contributed by atoms with Gasteiger partial charge >= 0.3 is 5.97 Å². The molecule has 1 amide bonds. The predicted octanol–water partition coefficient (Wildman–Crippen LogP) is 1.14. The third-order valence-electron chi connectivity index (χ3n) is 6.71. The zero-order valence-corrected chi connectivity index (χ0v) is 16.5. The van der Waals surface area contributed by atoms with Crippen molar-refractivity contribution in [3.8, 4) is 0 Å². The Morgan fingerprint density at radius 2 is 2.17 bits per heavy atom. The summed E-state index contributed by atoms with van der Waals surface area (Å²) in [5.74, 6) is -1.28. The Bertz CT molecular complexity index is 1350. The van der Waals surface area contributed by atoms with Crippen LogP contribution in [0.3, 0.4) is 0 Å². The molecule has 4 heterocycles. The maximum Gasteiger partial charge on any atom is 0.309 e. The van der Waals surface area contributed by atoms with Crippen molar-refractivity contribution in [1.82, 2.24) is 9.88 Å². The average Bonchev–Trinajstić information content (AvgIpc) is 3.29. The zero-order chi connectivity index (χ0) is 20.6. The van der Waals surface area contributed by atoms with Crippen LogP contribution in [0.1, 0.15) is 30.9 Å². The van der Waals surface area contributed by atoms with Gasteiger partial charge in [0, 0.05) is 10.9 Å². The summed E-state index contributed by atoms with van der Waals surface area (Å²) in [5, 5.41) is 14.2. The second-order valence-electron chi connectivity index (χ2n) is 8.40. The van der Waals surface area contributed by atoms with E-state index in [1.165, 1.54) is 5.22 Å². The minimum atomic E-state index is -1.38. The van der Waals surface area contributed by atoms with Crippen LogP contribution in [0.4, 0.5) is 0 Å². The molecular formula is C24H20N2O4. The number of aromatic nitrogens is 1. The highest BCUT2D eigenvalue weighted by molar-refractivity contribution is 5.95. The third-order valence-corrected chi connectivity index (χ3v) is 6.71.